The third-order valence-corrected chi connectivity index (χ3v) is 3.60. The number of halogens is 1. The van der Waals surface area contributed by atoms with Crippen molar-refractivity contribution in [3.63, 3.8) is 0 Å². The Bertz CT molecular complexity index is 215. The van der Waals surface area contributed by atoms with Gasteiger partial charge in [-0.2, -0.15) is 0 Å². The van der Waals surface area contributed by atoms with Gasteiger partial charge in [0.25, 0.3) is 0 Å². The molecule has 0 spiro atoms. The van der Waals surface area contributed by atoms with Crippen LogP contribution in [0.25, 0.3) is 0 Å². The Kier molecular flexibility index (Phi) is 6.73. The summed E-state index contributed by atoms with van der Waals surface area (Å²) < 4.78 is 22.5. The third-order valence-electron chi connectivity index (χ3n) is 3.26. The zero-order valence-electron chi connectivity index (χ0n) is 10.8. The van der Waals surface area contributed by atoms with Crippen molar-refractivity contribution in [2.45, 2.75) is 57.2 Å². The third kappa shape index (κ3) is 5.02. The van der Waals surface area contributed by atoms with Crippen molar-refractivity contribution in [3.05, 3.63) is 0 Å². The van der Waals surface area contributed by atoms with Gasteiger partial charge in [-0.25, -0.2) is 0 Å². The summed E-state index contributed by atoms with van der Waals surface area (Å²) >= 11 is 5.90. The molecule has 0 radical (unpaired) electrons. The molecular weight excluding hydrogens is 256 g/mol. The van der Waals surface area contributed by atoms with Crippen LogP contribution in [0.15, 0.2) is 0 Å². The first-order valence-electron chi connectivity index (χ1n) is 6.94. The van der Waals surface area contributed by atoms with Gasteiger partial charge in [0.2, 0.25) is 0 Å². The topological polar surface area (TPSA) is 36.9 Å². The van der Waals surface area contributed by atoms with Gasteiger partial charge in [-0.3, -0.25) is 0 Å². The first kappa shape index (κ1) is 14.5. The van der Waals surface area contributed by atoms with E-state index in [1.165, 1.54) is 6.42 Å². The van der Waals surface area contributed by atoms with E-state index >= 15 is 0 Å². The zero-order chi connectivity index (χ0) is 12.6. The van der Waals surface area contributed by atoms with Gasteiger partial charge in [-0.1, -0.05) is 0 Å². The van der Waals surface area contributed by atoms with Crippen molar-refractivity contribution >= 4 is 11.6 Å². The van der Waals surface area contributed by atoms with Crippen LogP contribution in [0, 0.1) is 0 Å². The van der Waals surface area contributed by atoms with Gasteiger partial charge in [0.15, 0.2) is 12.6 Å². The Morgan fingerprint density at radius 1 is 1.00 bits per heavy atom. The van der Waals surface area contributed by atoms with Gasteiger partial charge < -0.3 is 18.9 Å². The lowest BCUT2D eigenvalue weighted by Gasteiger charge is -2.28. The van der Waals surface area contributed by atoms with Crippen molar-refractivity contribution in [3.8, 4) is 0 Å². The SMILES string of the molecule is ClCC(COC1CCCCO1)OC1CCCCO1. The van der Waals surface area contributed by atoms with Crippen LogP contribution in [0.5, 0.6) is 0 Å². The van der Waals surface area contributed by atoms with Gasteiger partial charge in [0.1, 0.15) is 0 Å². The van der Waals surface area contributed by atoms with Crippen LogP contribution in [0.4, 0.5) is 0 Å². The van der Waals surface area contributed by atoms with Crippen LogP contribution in [0.2, 0.25) is 0 Å². The summed E-state index contributed by atoms with van der Waals surface area (Å²) in [5.74, 6) is 0.423. The van der Waals surface area contributed by atoms with E-state index < -0.39 is 0 Å². The van der Waals surface area contributed by atoms with E-state index in [4.69, 9.17) is 30.5 Å². The highest BCUT2D eigenvalue weighted by Crippen LogP contribution is 2.18. The second-order valence-electron chi connectivity index (χ2n) is 4.84. The molecule has 2 rings (SSSR count). The van der Waals surface area contributed by atoms with Crippen LogP contribution >= 0.6 is 11.6 Å². The fourth-order valence-electron chi connectivity index (χ4n) is 2.21. The van der Waals surface area contributed by atoms with Crippen LogP contribution in [-0.2, 0) is 18.9 Å². The van der Waals surface area contributed by atoms with E-state index in [2.05, 4.69) is 0 Å². The molecule has 18 heavy (non-hydrogen) atoms. The Morgan fingerprint density at radius 2 is 1.67 bits per heavy atom. The summed E-state index contributed by atoms with van der Waals surface area (Å²) in [6.45, 7) is 2.06. The lowest BCUT2D eigenvalue weighted by Crippen LogP contribution is -2.34. The lowest BCUT2D eigenvalue weighted by molar-refractivity contribution is -0.218. The minimum Gasteiger partial charge on any atom is -0.353 e. The summed E-state index contributed by atoms with van der Waals surface area (Å²) in [6, 6.07) is 0. The standard InChI is InChI=1S/C13H23ClO4/c14-9-11(18-13-6-2-4-8-16-13)10-17-12-5-1-3-7-15-12/h11-13H,1-10H2. The molecule has 0 aromatic rings. The smallest absolute Gasteiger partial charge is 0.158 e. The fraction of sp³-hybridized carbons (Fsp3) is 1.00. The number of alkyl halides is 1. The monoisotopic (exact) mass is 278 g/mol. The molecule has 2 saturated heterocycles. The maximum atomic E-state index is 5.90. The van der Waals surface area contributed by atoms with Crippen LogP contribution in [0.3, 0.4) is 0 Å². The van der Waals surface area contributed by atoms with Crippen molar-refractivity contribution in [2.75, 3.05) is 25.7 Å². The van der Waals surface area contributed by atoms with E-state index in [1.807, 2.05) is 0 Å². The normalized spacial score (nSPS) is 31.2. The molecule has 0 saturated carbocycles. The average molecular weight is 279 g/mol. The maximum absolute atomic E-state index is 5.90. The van der Waals surface area contributed by atoms with Crippen molar-refractivity contribution < 1.29 is 18.9 Å². The molecule has 2 aliphatic rings. The molecule has 2 fully saturated rings. The second kappa shape index (κ2) is 8.33. The van der Waals surface area contributed by atoms with E-state index in [0.29, 0.717) is 12.5 Å². The van der Waals surface area contributed by atoms with E-state index in [1.54, 1.807) is 0 Å². The fourth-order valence-corrected chi connectivity index (χ4v) is 2.37. The Labute approximate surface area is 114 Å². The number of hydrogen-bond donors (Lipinski definition) is 0. The lowest BCUT2D eigenvalue weighted by atomic mass is 10.2. The highest BCUT2D eigenvalue weighted by atomic mass is 35.5. The second-order valence-corrected chi connectivity index (χ2v) is 5.15. The van der Waals surface area contributed by atoms with E-state index in [9.17, 15) is 0 Å². The average Bonchev–Trinajstić information content (AvgIpc) is 2.45. The highest BCUT2D eigenvalue weighted by Gasteiger charge is 2.21. The highest BCUT2D eigenvalue weighted by molar-refractivity contribution is 6.18. The van der Waals surface area contributed by atoms with E-state index in [-0.39, 0.29) is 18.7 Å². The maximum Gasteiger partial charge on any atom is 0.158 e. The predicted molar refractivity (Wildman–Crippen MR) is 68.7 cm³/mol. The predicted octanol–water partition coefficient (Wildman–Crippen LogP) is 2.68. The number of hydrogen-bond acceptors (Lipinski definition) is 4. The van der Waals surface area contributed by atoms with Crippen LogP contribution < -0.4 is 0 Å². The molecule has 0 aromatic carbocycles. The number of ether oxygens (including phenoxy) is 4. The Morgan fingerprint density at radius 3 is 2.22 bits per heavy atom. The molecule has 2 aliphatic heterocycles. The minimum absolute atomic E-state index is 0.0830. The quantitative estimate of drug-likeness (QED) is 0.700. The summed E-state index contributed by atoms with van der Waals surface area (Å²) in [6.07, 6.45) is 6.19. The molecule has 106 valence electrons. The molecular formula is C13H23ClO4. The molecule has 0 N–H and O–H groups in total. The molecule has 4 nitrogen and oxygen atoms in total. The van der Waals surface area contributed by atoms with Crippen molar-refractivity contribution in [1.82, 2.24) is 0 Å². The minimum atomic E-state index is -0.113. The molecule has 0 bridgehead atoms. The van der Waals surface area contributed by atoms with Gasteiger partial charge in [-0.05, 0) is 38.5 Å². The molecule has 3 atom stereocenters. The van der Waals surface area contributed by atoms with Crippen LogP contribution in [0.1, 0.15) is 38.5 Å². The van der Waals surface area contributed by atoms with E-state index in [0.717, 1.165) is 45.3 Å². The summed E-state index contributed by atoms with van der Waals surface area (Å²) in [7, 11) is 0. The van der Waals surface area contributed by atoms with Crippen molar-refractivity contribution in [1.29, 1.82) is 0 Å². The molecule has 3 unspecified atom stereocenters. The Balaban J connectivity index is 1.64. The van der Waals surface area contributed by atoms with Gasteiger partial charge in [0, 0.05) is 13.2 Å². The molecule has 5 heteroatoms. The largest absolute Gasteiger partial charge is 0.353 e. The first-order chi connectivity index (χ1) is 8.88. The van der Waals surface area contributed by atoms with Gasteiger partial charge >= 0.3 is 0 Å². The van der Waals surface area contributed by atoms with Gasteiger partial charge in [0.05, 0.1) is 18.6 Å². The molecule has 0 aliphatic carbocycles. The van der Waals surface area contributed by atoms with Crippen LogP contribution in [-0.4, -0.2) is 44.4 Å². The van der Waals surface area contributed by atoms with Gasteiger partial charge in [-0.15, -0.1) is 11.6 Å². The van der Waals surface area contributed by atoms with Crippen molar-refractivity contribution in [2.24, 2.45) is 0 Å². The molecule has 2 heterocycles. The summed E-state index contributed by atoms with van der Waals surface area (Å²) in [4.78, 5) is 0. The zero-order valence-corrected chi connectivity index (χ0v) is 11.6. The molecule has 0 aromatic heterocycles. The Hall–Kier alpha value is 0.130. The number of rotatable bonds is 6. The molecule has 0 amide bonds. The first-order valence-corrected chi connectivity index (χ1v) is 7.48. The summed E-state index contributed by atoms with van der Waals surface area (Å²) in [5.41, 5.74) is 0. The summed E-state index contributed by atoms with van der Waals surface area (Å²) in [5, 5.41) is 0.